The highest BCUT2D eigenvalue weighted by atomic mass is 16.1. The molecular formula is C12H21N3O. The topological polar surface area (TPSA) is 44.4 Å². The van der Waals surface area contributed by atoms with Gasteiger partial charge in [-0.3, -0.25) is 4.79 Å². The molecule has 16 heavy (non-hydrogen) atoms. The van der Waals surface area contributed by atoms with Gasteiger partial charge < -0.3 is 15.5 Å². The van der Waals surface area contributed by atoms with E-state index in [9.17, 15) is 4.79 Å². The molecule has 4 nitrogen and oxygen atoms in total. The maximum Gasteiger partial charge on any atom is 0.220 e. The summed E-state index contributed by atoms with van der Waals surface area (Å²) in [5.41, 5.74) is 0. The molecule has 4 atom stereocenters. The van der Waals surface area contributed by atoms with Gasteiger partial charge in [-0.2, -0.15) is 0 Å². The first-order valence-corrected chi connectivity index (χ1v) is 6.56. The molecule has 0 radical (unpaired) electrons. The van der Waals surface area contributed by atoms with E-state index < -0.39 is 0 Å². The number of nitrogens with one attached hydrogen (secondary N) is 2. The Morgan fingerprint density at radius 2 is 2.12 bits per heavy atom. The number of fused-ring (bicyclic) bond motifs is 2. The lowest BCUT2D eigenvalue weighted by Gasteiger charge is -2.35. The first-order chi connectivity index (χ1) is 7.81. The number of nitrogens with zero attached hydrogens (tertiary/aromatic N) is 1. The second-order valence-electron chi connectivity index (χ2n) is 5.45. The van der Waals surface area contributed by atoms with Gasteiger partial charge in [-0.05, 0) is 38.3 Å². The molecular weight excluding hydrogens is 202 g/mol. The minimum Gasteiger partial charge on any atom is -0.355 e. The average molecular weight is 223 g/mol. The summed E-state index contributed by atoms with van der Waals surface area (Å²) in [5.74, 6) is 1.07. The van der Waals surface area contributed by atoms with E-state index in [1.165, 1.54) is 32.5 Å². The van der Waals surface area contributed by atoms with Gasteiger partial charge in [0.1, 0.15) is 0 Å². The van der Waals surface area contributed by atoms with Gasteiger partial charge in [-0.15, -0.1) is 0 Å². The zero-order chi connectivity index (χ0) is 11.0. The van der Waals surface area contributed by atoms with Crippen molar-refractivity contribution in [3.05, 3.63) is 0 Å². The van der Waals surface area contributed by atoms with Gasteiger partial charge in [0.25, 0.3) is 0 Å². The number of piperidine rings is 2. The van der Waals surface area contributed by atoms with E-state index in [-0.39, 0.29) is 5.91 Å². The van der Waals surface area contributed by atoms with Crippen LogP contribution in [0.3, 0.4) is 0 Å². The second kappa shape index (κ2) is 4.34. The number of hydrogen-bond donors (Lipinski definition) is 2. The Labute approximate surface area is 96.8 Å². The maximum absolute atomic E-state index is 11.1. The Bertz CT molecular complexity index is 271. The molecule has 2 bridgehead atoms. The zero-order valence-electron chi connectivity index (χ0n) is 9.74. The number of rotatable bonds is 2. The van der Waals surface area contributed by atoms with Crippen molar-refractivity contribution >= 4 is 5.91 Å². The molecule has 0 saturated carbocycles. The molecule has 3 rings (SSSR count). The van der Waals surface area contributed by atoms with E-state index in [0.717, 1.165) is 18.9 Å². The summed E-state index contributed by atoms with van der Waals surface area (Å²) >= 11 is 0. The van der Waals surface area contributed by atoms with Crippen molar-refractivity contribution in [1.82, 2.24) is 15.5 Å². The molecule has 3 aliphatic rings. The van der Waals surface area contributed by atoms with Crippen LogP contribution in [0.15, 0.2) is 0 Å². The van der Waals surface area contributed by atoms with Crippen molar-refractivity contribution in [2.45, 2.75) is 37.8 Å². The van der Waals surface area contributed by atoms with Crippen LogP contribution in [-0.2, 0) is 4.79 Å². The lowest BCUT2D eigenvalue weighted by Crippen LogP contribution is -2.53. The smallest absolute Gasteiger partial charge is 0.220 e. The minimum atomic E-state index is 0.216. The first kappa shape index (κ1) is 10.5. The molecule has 4 unspecified atom stereocenters. The highest BCUT2D eigenvalue weighted by molar-refractivity contribution is 5.76. The molecule has 0 aromatic carbocycles. The molecule has 1 amide bonds. The Morgan fingerprint density at radius 1 is 1.25 bits per heavy atom. The van der Waals surface area contributed by atoms with Crippen molar-refractivity contribution in [1.29, 1.82) is 0 Å². The van der Waals surface area contributed by atoms with Gasteiger partial charge in [0, 0.05) is 31.6 Å². The number of carbonyl (C=O) groups is 1. The van der Waals surface area contributed by atoms with Gasteiger partial charge in [-0.25, -0.2) is 0 Å². The third-order valence-electron chi connectivity index (χ3n) is 4.35. The van der Waals surface area contributed by atoms with Gasteiger partial charge in [0.15, 0.2) is 0 Å². The van der Waals surface area contributed by atoms with Gasteiger partial charge in [0.2, 0.25) is 5.91 Å². The van der Waals surface area contributed by atoms with Crippen LogP contribution in [0, 0.1) is 5.92 Å². The van der Waals surface area contributed by atoms with E-state index >= 15 is 0 Å². The molecule has 4 heteroatoms. The predicted molar refractivity (Wildman–Crippen MR) is 62.1 cm³/mol. The lowest BCUT2D eigenvalue weighted by molar-refractivity contribution is -0.122. The summed E-state index contributed by atoms with van der Waals surface area (Å²) in [6.07, 6.45) is 4.35. The van der Waals surface area contributed by atoms with E-state index in [1.54, 1.807) is 0 Å². The lowest BCUT2D eigenvalue weighted by atomic mass is 9.92. The average Bonchev–Trinajstić information content (AvgIpc) is 2.69. The molecule has 3 saturated heterocycles. The van der Waals surface area contributed by atoms with Crippen LogP contribution in [0.4, 0.5) is 0 Å². The molecule has 0 aromatic heterocycles. The van der Waals surface area contributed by atoms with E-state index in [4.69, 9.17) is 0 Å². The van der Waals surface area contributed by atoms with Crippen LogP contribution in [0.5, 0.6) is 0 Å². The molecule has 3 heterocycles. The first-order valence-electron chi connectivity index (χ1n) is 6.56. The van der Waals surface area contributed by atoms with Crippen molar-refractivity contribution in [2.24, 2.45) is 5.92 Å². The zero-order valence-corrected chi connectivity index (χ0v) is 9.74. The van der Waals surface area contributed by atoms with Crippen molar-refractivity contribution in [2.75, 3.05) is 26.2 Å². The second-order valence-corrected chi connectivity index (χ2v) is 5.45. The third kappa shape index (κ3) is 2.09. The Morgan fingerprint density at radius 3 is 2.94 bits per heavy atom. The van der Waals surface area contributed by atoms with E-state index in [0.29, 0.717) is 18.5 Å². The van der Waals surface area contributed by atoms with Crippen molar-refractivity contribution in [3.63, 3.8) is 0 Å². The SMILES string of the molecule is O=C1CCC(NC2CCN3CCC2C3)CN1. The van der Waals surface area contributed by atoms with E-state index in [2.05, 4.69) is 15.5 Å². The summed E-state index contributed by atoms with van der Waals surface area (Å²) in [5, 5.41) is 6.72. The Kier molecular flexibility index (Phi) is 2.86. The maximum atomic E-state index is 11.1. The highest BCUT2D eigenvalue weighted by Gasteiger charge is 2.35. The summed E-state index contributed by atoms with van der Waals surface area (Å²) < 4.78 is 0. The normalized spacial score (nSPS) is 43.1. The quantitative estimate of drug-likeness (QED) is 0.690. The minimum absolute atomic E-state index is 0.216. The summed E-state index contributed by atoms with van der Waals surface area (Å²) in [7, 11) is 0. The van der Waals surface area contributed by atoms with Gasteiger partial charge in [0.05, 0.1) is 0 Å². The van der Waals surface area contributed by atoms with Crippen LogP contribution < -0.4 is 10.6 Å². The molecule has 3 fully saturated rings. The number of carbonyl (C=O) groups excluding carboxylic acids is 1. The van der Waals surface area contributed by atoms with Crippen molar-refractivity contribution < 1.29 is 4.79 Å². The molecule has 90 valence electrons. The highest BCUT2D eigenvalue weighted by Crippen LogP contribution is 2.27. The van der Waals surface area contributed by atoms with Crippen molar-refractivity contribution in [3.8, 4) is 0 Å². The fourth-order valence-electron chi connectivity index (χ4n) is 3.35. The molecule has 3 aliphatic heterocycles. The van der Waals surface area contributed by atoms with Crippen LogP contribution in [0.1, 0.15) is 25.7 Å². The molecule has 0 aromatic rings. The standard InChI is InChI=1S/C12H21N3O/c16-12-2-1-10(7-13-12)14-11-4-6-15-5-3-9(11)8-15/h9-11,14H,1-8H2,(H,13,16). The molecule has 2 N–H and O–H groups in total. The van der Waals surface area contributed by atoms with E-state index in [1.807, 2.05) is 0 Å². The van der Waals surface area contributed by atoms with Crippen LogP contribution in [-0.4, -0.2) is 49.1 Å². The summed E-state index contributed by atoms with van der Waals surface area (Å²) in [6.45, 7) is 4.67. The Balaban J connectivity index is 1.52. The summed E-state index contributed by atoms with van der Waals surface area (Å²) in [4.78, 5) is 13.7. The monoisotopic (exact) mass is 223 g/mol. The third-order valence-corrected chi connectivity index (χ3v) is 4.35. The van der Waals surface area contributed by atoms with Crippen LogP contribution in [0.2, 0.25) is 0 Å². The summed E-state index contributed by atoms with van der Waals surface area (Å²) in [6, 6.07) is 1.20. The molecule has 0 spiro atoms. The predicted octanol–water partition coefficient (Wildman–Crippen LogP) is -0.0512. The number of amides is 1. The molecule has 0 aliphatic carbocycles. The fourth-order valence-corrected chi connectivity index (χ4v) is 3.35. The van der Waals surface area contributed by atoms with Gasteiger partial charge >= 0.3 is 0 Å². The van der Waals surface area contributed by atoms with Crippen LogP contribution >= 0.6 is 0 Å². The van der Waals surface area contributed by atoms with Crippen LogP contribution in [0.25, 0.3) is 0 Å². The Hall–Kier alpha value is -0.610. The largest absolute Gasteiger partial charge is 0.355 e. The fraction of sp³-hybridized carbons (Fsp3) is 0.917. The van der Waals surface area contributed by atoms with Gasteiger partial charge in [-0.1, -0.05) is 0 Å². The number of hydrogen-bond acceptors (Lipinski definition) is 3.